The van der Waals surface area contributed by atoms with Crippen molar-refractivity contribution in [3.63, 3.8) is 0 Å². The lowest BCUT2D eigenvalue weighted by molar-refractivity contribution is -0.384. The van der Waals surface area contributed by atoms with E-state index in [1.807, 2.05) is 20.2 Å². The molecule has 0 fully saturated rings. The molecule has 2 rings (SSSR count). The fourth-order valence-electron chi connectivity index (χ4n) is 2.32. The lowest BCUT2D eigenvalue weighted by atomic mass is 10.1. The average Bonchev–Trinajstić information content (AvgIpc) is 2.77. The molecular formula is C15H20N4O2. The highest BCUT2D eigenvalue weighted by Crippen LogP contribution is 2.26. The molecule has 1 heterocycles. The van der Waals surface area contributed by atoms with Gasteiger partial charge in [-0.2, -0.15) is 5.10 Å². The molecular weight excluding hydrogens is 268 g/mol. The minimum Gasteiger partial charge on any atom is -0.375 e. The topological polar surface area (TPSA) is 73.0 Å². The van der Waals surface area contributed by atoms with Crippen molar-refractivity contribution < 1.29 is 4.92 Å². The quantitative estimate of drug-likeness (QED) is 0.676. The highest BCUT2D eigenvalue weighted by Gasteiger charge is 2.15. The molecule has 1 aromatic heterocycles. The van der Waals surface area contributed by atoms with Crippen LogP contribution in [0.15, 0.2) is 24.4 Å². The van der Waals surface area contributed by atoms with Crippen LogP contribution in [0.25, 0.3) is 0 Å². The largest absolute Gasteiger partial charge is 0.375 e. The summed E-state index contributed by atoms with van der Waals surface area (Å²) in [5, 5.41) is 18.7. The predicted octanol–water partition coefficient (Wildman–Crippen LogP) is 3.37. The molecule has 1 aromatic carbocycles. The number of nitrogens with zero attached hydrogens (tertiary/aromatic N) is 3. The molecule has 0 amide bonds. The molecule has 0 aliphatic rings. The number of benzene rings is 1. The van der Waals surface area contributed by atoms with Crippen LogP contribution in [0.3, 0.4) is 0 Å². The summed E-state index contributed by atoms with van der Waals surface area (Å²) >= 11 is 0. The van der Waals surface area contributed by atoms with Crippen LogP contribution in [0, 0.1) is 17.0 Å². The molecule has 6 nitrogen and oxygen atoms in total. The predicted molar refractivity (Wildman–Crippen MR) is 82.5 cm³/mol. The van der Waals surface area contributed by atoms with Crippen LogP contribution in [0.2, 0.25) is 0 Å². The molecule has 0 bridgehead atoms. The van der Waals surface area contributed by atoms with E-state index in [0.717, 1.165) is 16.8 Å². The van der Waals surface area contributed by atoms with Gasteiger partial charge in [-0.05, 0) is 24.5 Å². The summed E-state index contributed by atoms with van der Waals surface area (Å²) in [5.74, 6) is 0.315. The first-order chi connectivity index (χ1) is 9.88. The Bertz CT molecular complexity index is 662. The van der Waals surface area contributed by atoms with E-state index in [9.17, 15) is 10.1 Å². The molecule has 0 saturated heterocycles. The van der Waals surface area contributed by atoms with Crippen molar-refractivity contribution in [3.8, 4) is 0 Å². The van der Waals surface area contributed by atoms with Gasteiger partial charge >= 0.3 is 0 Å². The maximum atomic E-state index is 11.1. The zero-order chi connectivity index (χ0) is 15.6. The van der Waals surface area contributed by atoms with Gasteiger partial charge in [-0.3, -0.25) is 14.8 Å². The zero-order valence-electron chi connectivity index (χ0n) is 12.8. The van der Waals surface area contributed by atoms with E-state index in [1.165, 1.54) is 6.07 Å². The molecule has 1 N–H and O–H groups in total. The first kappa shape index (κ1) is 15.0. The number of anilines is 1. The second-order valence-corrected chi connectivity index (χ2v) is 5.50. The van der Waals surface area contributed by atoms with Crippen LogP contribution in [0.4, 0.5) is 11.4 Å². The summed E-state index contributed by atoms with van der Waals surface area (Å²) in [6.07, 6.45) is 1.95. The SMILES string of the molecule is Cc1ccc([N+](=O)[O-])c(NCc2cn(C)nc2C(C)C)c1. The molecule has 0 aliphatic heterocycles. The number of aryl methyl sites for hydroxylation is 2. The van der Waals surface area contributed by atoms with Crippen molar-refractivity contribution >= 4 is 11.4 Å². The first-order valence-electron chi connectivity index (χ1n) is 6.89. The molecule has 0 saturated carbocycles. The van der Waals surface area contributed by atoms with Crippen molar-refractivity contribution in [2.24, 2.45) is 7.05 Å². The van der Waals surface area contributed by atoms with Gasteiger partial charge in [0.05, 0.1) is 10.6 Å². The fraction of sp³-hybridized carbons (Fsp3) is 0.400. The molecule has 21 heavy (non-hydrogen) atoms. The third-order valence-electron chi connectivity index (χ3n) is 3.30. The Kier molecular flexibility index (Phi) is 4.26. The number of nitrogens with one attached hydrogen (secondary N) is 1. The first-order valence-corrected chi connectivity index (χ1v) is 6.89. The third kappa shape index (κ3) is 3.39. The Morgan fingerprint density at radius 3 is 2.76 bits per heavy atom. The van der Waals surface area contributed by atoms with Gasteiger partial charge in [-0.1, -0.05) is 19.9 Å². The fourth-order valence-corrected chi connectivity index (χ4v) is 2.32. The van der Waals surface area contributed by atoms with Gasteiger partial charge in [0, 0.05) is 31.4 Å². The summed E-state index contributed by atoms with van der Waals surface area (Å²) < 4.78 is 1.77. The second-order valence-electron chi connectivity index (χ2n) is 5.50. The van der Waals surface area contributed by atoms with E-state index >= 15 is 0 Å². The van der Waals surface area contributed by atoms with Gasteiger partial charge in [0.2, 0.25) is 0 Å². The van der Waals surface area contributed by atoms with E-state index in [2.05, 4.69) is 24.3 Å². The molecule has 0 atom stereocenters. The van der Waals surface area contributed by atoms with Gasteiger partial charge in [-0.25, -0.2) is 0 Å². The van der Waals surface area contributed by atoms with Crippen LogP contribution in [-0.2, 0) is 13.6 Å². The van der Waals surface area contributed by atoms with Crippen molar-refractivity contribution in [3.05, 3.63) is 51.3 Å². The minimum atomic E-state index is -0.367. The Morgan fingerprint density at radius 1 is 1.43 bits per heavy atom. The van der Waals surface area contributed by atoms with Crippen molar-refractivity contribution in [1.82, 2.24) is 9.78 Å². The lowest BCUT2D eigenvalue weighted by Crippen LogP contribution is -2.05. The van der Waals surface area contributed by atoms with Gasteiger partial charge in [-0.15, -0.1) is 0 Å². The Hall–Kier alpha value is -2.37. The number of aromatic nitrogens is 2. The molecule has 0 radical (unpaired) electrons. The van der Waals surface area contributed by atoms with Crippen molar-refractivity contribution in [1.29, 1.82) is 0 Å². The summed E-state index contributed by atoms with van der Waals surface area (Å²) in [6.45, 7) is 6.60. The van der Waals surface area contributed by atoms with Crippen LogP contribution >= 0.6 is 0 Å². The summed E-state index contributed by atoms with van der Waals surface area (Å²) in [5.41, 5.74) is 3.69. The number of nitro groups is 1. The molecule has 0 spiro atoms. The summed E-state index contributed by atoms with van der Waals surface area (Å²) in [4.78, 5) is 10.7. The summed E-state index contributed by atoms with van der Waals surface area (Å²) in [7, 11) is 1.88. The molecule has 0 unspecified atom stereocenters. The van der Waals surface area contributed by atoms with Gasteiger partial charge in [0.1, 0.15) is 5.69 Å². The monoisotopic (exact) mass is 288 g/mol. The maximum Gasteiger partial charge on any atom is 0.292 e. The molecule has 0 aliphatic carbocycles. The van der Waals surface area contributed by atoms with Gasteiger partial charge < -0.3 is 5.32 Å². The standard InChI is InChI=1S/C15H20N4O2/c1-10(2)15-12(9-18(4)17-15)8-16-13-7-11(3)5-6-14(13)19(20)21/h5-7,9-10,16H,8H2,1-4H3. The normalized spacial score (nSPS) is 10.9. The third-order valence-corrected chi connectivity index (χ3v) is 3.30. The van der Waals surface area contributed by atoms with Crippen molar-refractivity contribution in [2.75, 3.05) is 5.32 Å². The molecule has 2 aromatic rings. The maximum absolute atomic E-state index is 11.1. The Morgan fingerprint density at radius 2 is 2.14 bits per heavy atom. The second kappa shape index (κ2) is 5.95. The van der Waals surface area contributed by atoms with E-state index in [4.69, 9.17) is 0 Å². The van der Waals surface area contributed by atoms with Crippen LogP contribution < -0.4 is 5.32 Å². The van der Waals surface area contributed by atoms with Crippen LogP contribution in [0.1, 0.15) is 36.6 Å². The number of hydrogen-bond donors (Lipinski definition) is 1. The number of hydrogen-bond acceptors (Lipinski definition) is 4. The van der Waals surface area contributed by atoms with E-state index in [0.29, 0.717) is 18.2 Å². The molecule has 112 valence electrons. The Balaban J connectivity index is 2.24. The van der Waals surface area contributed by atoms with E-state index < -0.39 is 0 Å². The van der Waals surface area contributed by atoms with Gasteiger partial charge in [0.25, 0.3) is 5.69 Å². The van der Waals surface area contributed by atoms with Crippen molar-refractivity contribution in [2.45, 2.75) is 33.2 Å². The minimum absolute atomic E-state index is 0.0931. The smallest absolute Gasteiger partial charge is 0.292 e. The lowest BCUT2D eigenvalue weighted by Gasteiger charge is -2.09. The van der Waals surface area contributed by atoms with Gasteiger partial charge in [0.15, 0.2) is 0 Å². The van der Waals surface area contributed by atoms with E-state index in [1.54, 1.807) is 16.8 Å². The van der Waals surface area contributed by atoms with Crippen LogP contribution in [0.5, 0.6) is 0 Å². The average molecular weight is 288 g/mol. The van der Waals surface area contributed by atoms with Crippen LogP contribution in [-0.4, -0.2) is 14.7 Å². The summed E-state index contributed by atoms with van der Waals surface area (Å²) in [6, 6.07) is 5.07. The highest BCUT2D eigenvalue weighted by atomic mass is 16.6. The molecule has 6 heteroatoms. The number of rotatable bonds is 5. The highest BCUT2D eigenvalue weighted by molar-refractivity contribution is 5.62. The van der Waals surface area contributed by atoms with E-state index in [-0.39, 0.29) is 10.6 Å². The zero-order valence-corrected chi connectivity index (χ0v) is 12.8. The number of nitro benzene ring substituents is 1. The Labute approximate surface area is 123 Å².